The molecule has 2 rings (SSSR count). The number of nitrogens with one attached hydrogen (secondary N) is 1. The first-order chi connectivity index (χ1) is 9.93. The summed E-state index contributed by atoms with van der Waals surface area (Å²) < 4.78 is 27.5. The van der Waals surface area contributed by atoms with Crippen LogP contribution in [0.15, 0.2) is 12.1 Å². The second-order valence-corrected chi connectivity index (χ2v) is 6.48. The van der Waals surface area contributed by atoms with E-state index in [1.165, 1.54) is 6.07 Å². The van der Waals surface area contributed by atoms with Gasteiger partial charge in [-0.15, -0.1) is 0 Å². The molecule has 0 aromatic heterocycles. The van der Waals surface area contributed by atoms with Crippen molar-refractivity contribution in [3.63, 3.8) is 0 Å². The highest BCUT2D eigenvalue weighted by molar-refractivity contribution is 6.33. The van der Waals surface area contributed by atoms with Crippen LogP contribution >= 0.6 is 11.6 Å². The molecule has 0 saturated carbocycles. The van der Waals surface area contributed by atoms with Crippen LogP contribution in [-0.2, 0) is 0 Å². The van der Waals surface area contributed by atoms with Gasteiger partial charge in [0.2, 0.25) is 0 Å². The van der Waals surface area contributed by atoms with Crippen LogP contribution in [0.4, 0.5) is 14.5 Å². The van der Waals surface area contributed by atoms with Crippen molar-refractivity contribution in [1.82, 2.24) is 5.32 Å². The van der Waals surface area contributed by atoms with Gasteiger partial charge in [-0.3, -0.25) is 0 Å². The van der Waals surface area contributed by atoms with Gasteiger partial charge in [-0.2, -0.15) is 0 Å². The molecule has 21 heavy (non-hydrogen) atoms. The average molecular weight is 317 g/mol. The molecule has 1 aromatic rings. The fourth-order valence-corrected chi connectivity index (χ4v) is 3.34. The Hall–Kier alpha value is -0.870. The quantitative estimate of drug-likeness (QED) is 0.894. The van der Waals surface area contributed by atoms with Gasteiger partial charge in [-0.1, -0.05) is 38.8 Å². The molecule has 1 saturated heterocycles. The maximum absolute atomic E-state index is 14.3. The minimum Gasteiger partial charge on any atom is -0.362 e. The molecule has 1 N–H and O–H groups in total. The first-order valence-electron chi connectivity index (χ1n) is 7.58. The maximum atomic E-state index is 14.3. The molecule has 1 aromatic carbocycles. The summed E-state index contributed by atoms with van der Waals surface area (Å²) in [6.07, 6.45) is 2.10. The van der Waals surface area contributed by atoms with E-state index in [-0.39, 0.29) is 11.1 Å². The maximum Gasteiger partial charge on any atom is 0.150 e. The summed E-state index contributed by atoms with van der Waals surface area (Å²) in [6, 6.07) is 2.56. The van der Waals surface area contributed by atoms with Gasteiger partial charge in [-0.25, -0.2) is 8.78 Å². The van der Waals surface area contributed by atoms with Crippen molar-refractivity contribution in [2.45, 2.75) is 45.7 Å². The van der Waals surface area contributed by atoms with E-state index in [0.717, 1.165) is 25.5 Å². The van der Waals surface area contributed by atoms with E-state index in [2.05, 4.69) is 26.1 Å². The van der Waals surface area contributed by atoms with Gasteiger partial charge in [0.05, 0.1) is 10.7 Å². The minimum atomic E-state index is -0.636. The number of rotatable bonds is 4. The van der Waals surface area contributed by atoms with E-state index in [9.17, 15) is 8.78 Å². The molecule has 0 radical (unpaired) electrons. The molecule has 1 aliphatic heterocycles. The standard InChI is InChI=1S/C16H23ClF2N2/c1-4-5-12-9-21(15(8-20-12)10(2)3)16-13(17)6-11(18)7-14(16)19/h6-7,10,12,15,20H,4-5,8-9H2,1-3H3. The lowest BCUT2D eigenvalue weighted by Crippen LogP contribution is -2.58. The normalized spacial score (nSPS) is 22.9. The fourth-order valence-electron chi connectivity index (χ4n) is 3.04. The monoisotopic (exact) mass is 316 g/mol. The zero-order chi connectivity index (χ0) is 15.6. The summed E-state index contributed by atoms with van der Waals surface area (Å²) in [5, 5.41) is 3.67. The summed E-state index contributed by atoms with van der Waals surface area (Å²) in [5.41, 5.74) is 0.333. The Morgan fingerprint density at radius 2 is 2.10 bits per heavy atom. The summed E-state index contributed by atoms with van der Waals surface area (Å²) in [6.45, 7) is 7.82. The number of hydrogen-bond acceptors (Lipinski definition) is 2. The third-order valence-corrected chi connectivity index (χ3v) is 4.40. The Balaban J connectivity index is 2.35. The van der Waals surface area contributed by atoms with Crippen molar-refractivity contribution in [3.8, 4) is 0 Å². The second kappa shape index (κ2) is 6.93. The summed E-state index contributed by atoms with van der Waals surface area (Å²) in [7, 11) is 0. The molecule has 0 spiro atoms. The zero-order valence-corrected chi connectivity index (χ0v) is 13.6. The van der Waals surface area contributed by atoms with E-state index < -0.39 is 11.6 Å². The number of hydrogen-bond donors (Lipinski definition) is 1. The third kappa shape index (κ3) is 3.67. The van der Waals surface area contributed by atoms with Crippen molar-refractivity contribution >= 4 is 17.3 Å². The van der Waals surface area contributed by atoms with Gasteiger partial charge in [0.25, 0.3) is 0 Å². The highest BCUT2D eigenvalue weighted by Crippen LogP contribution is 2.34. The lowest BCUT2D eigenvalue weighted by molar-refractivity contribution is 0.325. The molecule has 2 unspecified atom stereocenters. The van der Waals surface area contributed by atoms with Crippen LogP contribution in [-0.4, -0.2) is 25.2 Å². The number of halogens is 3. The molecule has 1 fully saturated rings. The van der Waals surface area contributed by atoms with Crippen LogP contribution in [0, 0.1) is 17.6 Å². The van der Waals surface area contributed by atoms with E-state index in [1.807, 2.05) is 4.90 Å². The molecule has 5 heteroatoms. The number of nitrogens with zero attached hydrogens (tertiary/aromatic N) is 1. The van der Waals surface area contributed by atoms with Crippen LogP contribution < -0.4 is 10.2 Å². The first-order valence-corrected chi connectivity index (χ1v) is 7.96. The Kier molecular flexibility index (Phi) is 5.44. The Bertz CT molecular complexity index is 470. The van der Waals surface area contributed by atoms with E-state index in [0.29, 0.717) is 24.2 Å². The molecule has 0 amide bonds. The lowest BCUT2D eigenvalue weighted by atomic mass is 9.96. The van der Waals surface area contributed by atoms with Crippen molar-refractivity contribution in [3.05, 3.63) is 28.8 Å². The van der Waals surface area contributed by atoms with E-state index >= 15 is 0 Å². The molecule has 2 nitrogen and oxygen atoms in total. The molecule has 118 valence electrons. The van der Waals surface area contributed by atoms with Crippen LogP contribution in [0.1, 0.15) is 33.6 Å². The van der Waals surface area contributed by atoms with Crippen molar-refractivity contribution in [2.24, 2.45) is 5.92 Å². The Labute approximate surface area is 130 Å². The van der Waals surface area contributed by atoms with Gasteiger partial charge >= 0.3 is 0 Å². The third-order valence-electron chi connectivity index (χ3n) is 4.11. The topological polar surface area (TPSA) is 15.3 Å². The van der Waals surface area contributed by atoms with Crippen LogP contribution in [0.2, 0.25) is 5.02 Å². The highest BCUT2D eigenvalue weighted by atomic mass is 35.5. The molecular weight excluding hydrogens is 294 g/mol. The minimum absolute atomic E-state index is 0.148. The molecule has 1 aliphatic rings. The smallest absolute Gasteiger partial charge is 0.150 e. The van der Waals surface area contributed by atoms with Crippen LogP contribution in [0.3, 0.4) is 0 Å². The number of piperazine rings is 1. The van der Waals surface area contributed by atoms with Gasteiger partial charge in [0.15, 0.2) is 5.82 Å². The molecule has 0 bridgehead atoms. The molecule has 0 aliphatic carbocycles. The van der Waals surface area contributed by atoms with Crippen molar-refractivity contribution < 1.29 is 8.78 Å². The largest absolute Gasteiger partial charge is 0.362 e. The first kappa shape index (κ1) is 16.5. The van der Waals surface area contributed by atoms with Crippen molar-refractivity contribution in [2.75, 3.05) is 18.0 Å². The number of benzene rings is 1. The molecule has 1 heterocycles. The van der Waals surface area contributed by atoms with Crippen LogP contribution in [0.5, 0.6) is 0 Å². The van der Waals surface area contributed by atoms with Gasteiger partial charge in [-0.05, 0) is 18.4 Å². The number of anilines is 1. The Morgan fingerprint density at radius 3 is 2.67 bits per heavy atom. The molecular formula is C16H23ClF2N2. The average Bonchev–Trinajstić information content (AvgIpc) is 2.37. The van der Waals surface area contributed by atoms with Gasteiger partial charge in [0, 0.05) is 31.2 Å². The highest BCUT2D eigenvalue weighted by Gasteiger charge is 2.32. The van der Waals surface area contributed by atoms with E-state index in [4.69, 9.17) is 11.6 Å². The zero-order valence-electron chi connectivity index (χ0n) is 12.8. The fraction of sp³-hybridized carbons (Fsp3) is 0.625. The summed E-state index contributed by atoms with van der Waals surface area (Å²) >= 11 is 6.12. The predicted molar refractivity (Wildman–Crippen MR) is 84.0 cm³/mol. The van der Waals surface area contributed by atoms with Gasteiger partial charge < -0.3 is 10.2 Å². The van der Waals surface area contributed by atoms with E-state index in [1.54, 1.807) is 0 Å². The van der Waals surface area contributed by atoms with Crippen molar-refractivity contribution in [1.29, 1.82) is 0 Å². The van der Waals surface area contributed by atoms with Gasteiger partial charge in [0.1, 0.15) is 5.82 Å². The predicted octanol–water partition coefficient (Wildman–Crippen LogP) is 4.22. The SMILES string of the molecule is CCCC1CN(c2c(F)cc(F)cc2Cl)C(C(C)C)CN1. The summed E-state index contributed by atoms with van der Waals surface area (Å²) in [4.78, 5) is 2.01. The second-order valence-electron chi connectivity index (χ2n) is 6.08. The lowest BCUT2D eigenvalue weighted by Gasteiger charge is -2.44. The molecule has 2 atom stereocenters. The van der Waals surface area contributed by atoms with Crippen LogP contribution in [0.25, 0.3) is 0 Å². The Morgan fingerprint density at radius 1 is 1.38 bits per heavy atom. The summed E-state index contributed by atoms with van der Waals surface area (Å²) in [5.74, 6) is -0.869.